The van der Waals surface area contributed by atoms with Crippen LogP contribution in [0.15, 0.2) is 97.2 Å². The smallest absolute Gasteiger partial charge is 0.256 e. The Balaban J connectivity index is 1.61. The van der Waals surface area contributed by atoms with Crippen molar-refractivity contribution in [1.82, 2.24) is 9.47 Å². The fraction of sp³-hybridized carbons (Fsp3) is 0.115. The molecule has 0 N–H and O–H groups in total. The van der Waals surface area contributed by atoms with Gasteiger partial charge in [-0.1, -0.05) is 66.2 Å². The molecule has 0 radical (unpaired) electrons. The molecule has 0 atom stereocenters. The highest BCUT2D eigenvalue weighted by atomic mass is 35.5. The van der Waals surface area contributed by atoms with E-state index in [1.807, 2.05) is 60.8 Å². The highest BCUT2D eigenvalue weighted by Crippen LogP contribution is 2.21. The second-order valence-corrected chi connectivity index (χ2v) is 7.79. The first kappa shape index (κ1) is 20.9. The van der Waals surface area contributed by atoms with Crippen molar-refractivity contribution in [3.05, 3.63) is 130 Å². The van der Waals surface area contributed by atoms with Crippen LogP contribution in [0.3, 0.4) is 0 Å². The molecule has 0 saturated carbocycles. The lowest BCUT2D eigenvalue weighted by Crippen LogP contribution is -2.31. The van der Waals surface area contributed by atoms with Gasteiger partial charge < -0.3 is 9.47 Å². The highest BCUT2D eigenvalue weighted by Gasteiger charge is 2.20. The Hall–Kier alpha value is -3.37. The Labute approximate surface area is 186 Å². The molecule has 0 aliphatic rings. The van der Waals surface area contributed by atoms with E-state index in [0.717, 1.165) is 16.8 Å². The van der Waals surface area contributed by atoms with Crippen molar-refractivity contribution in [2.75, 3.05) is 0 Å². The molecule has 0 aliphatic heterocycles. The first-order chi connectivity index (χ1) is 15.1. The monoisotopic (exact) mass is 432 g/mol. The third kappa shape index (κ3) is 5.22. The van der Waals surface area contributed by atoms with E-state index >= 15 is 0 Å². The summed E-state index contributed by atoms with van der Waals surface area (Å²) < 4.78 is 15.3. The topological polar surface area (TPSA) is 25.2 Å². The maximum atomic E-state index is 13.4. The summed E-state index contributed by atoms with van der Waals surface area (Å²) in [6.45, 7) is 1.49. The van der Waals surface area contributed by atoms with Crippen LogP contribution in [-0.4, -0.2) is 15.4 Å². The normalized spacial score (nSPS) is 10.8. The van der Waals surface area contributed by atoms with Crippen molar-refractivity contribution in [1.29, 1.82) is 0 Å². The summed E-state index contributed by atoms with van der Waals surface area (Å²) in [4.78, 5) is 15.2. The quantitative estimate of drug-likeness (QED) is 0.342. The Kier molecular flexibility index (Phi) is 6.48. The van der Waals surface area contributed by atoms with Crippen LogP contribution in [0.2, 0.25) is 5.02 Å². The first-order valence-electron chi connectivity index (χ1n) is 10.1. The standard InChI is InChI=1S/C26H22ClFN2O/c27-25-11-5-4-10-24(25)26(31)30(18-20-7-2-1-3-8-20)19-23-9-6-16-29(23)17-21-12-14-22(28)15-13-21/h1-16H,17-19H2. The summed E-state index contributed by atoms with van der Waals surface area (Å²) in [5.74, 6) is -0.375. The molecule has 0 bridgehead atoms. The van der Waals surface area contributed by atoms with Crippen molar-refractivity contribution >= 4 is 17.5 Å². The molecule has 5 heteroatoms. The number of halogens is 2. The van der Waals surface area contributed by atoms with Gasteiger partial charge in [-0.3, -0.25) is 4.79 Å². The van der Waals surface area contributed by atoms with Gasteiger partial charge in [-0.05, 0) is 47.5 Å². The number of amides is 1. The van der Waals surface area contributed by atoms with Crippen molar-refractivity contribution in [3.8, 4) is 0 Å². The van der Waals surface area contributed by atoms with Gasteiger partial charge in [0.2, 0.25) is 0 Å². The Morgan fingerprint density at radius 2 is 1.52 bits per heavy atom. The van der Waals surface area contributed by atoms with Crippen LogP contribution in [-0.2, 0) is 19.6 Å². The molecule has 156 valence electrons. The average Bonchev–Trinajstić information content (AvgIpc) is 3.22. The third-order valence-corrected chi connectivity index (χ3v) is 5.48. The van der Waals surface area contributed by atoms with Gasteiger partial charge in [-0.25, -0.2) is 4.39 Å². The number of carbonyl (C=O) groups excluding carboxylic acids is 1. The van der Waals surface area contributed by atoms with Crippen LogP contribution < -0.4 is 0 Å². The zero-order chi connectivity index (χ0) is 21.6. The lowest BCUT2D eigenvalue weighted by molar-refractivity contribution is 0.0726. The van der Waals surface area contributed by atoms with Crippen LogP contribution in [0.25, 0.3) is 0 Å². The number of rotatable bonds is 7. The molecule has 3 nitrogen and oxygen atoms in total. The van der Waals surface area contributed by atoms with Crippen LogP contribution in [0.4, 0.5) is 4.39 Å². The van der Waals surface area contributed by atoms with Crippen molar-refractivity contribution in [3.63, 3.8) is 0 Å². The van der Waals surface area contributed by atoms with Crippen LogP contribution in [0, 0.1) is 5.82 Å². The van der Waals surface area contributed by atoms with Crippen LogP contribution in [0.5, 0.6) is 0 Å². The van der Waals surface area contributed by atoms with E-state index in [-0.39, 0.29) is 11.7 Å². The van der Waals surface area contributed by atoms with E-state index in [4.69, 9.17) is 11.6 Å². The minimum absolute atomic E-state index is 0.121. The van der Waals surface area contributed by atoms with Gasteiger partial charge in [0.15, 0.2) is 0 Å². The minimum atomic E-state index is -0.254. The number of benzene rings is 3. The lowest BCUT2D eigenvalue weighted by Gasteiger charge is -2.24. The highest BCUT2D eigenvalue weighted by molar-refractivity contribution is 6.33. The van der Waals surface area contributed by atoms with E-state index in [1.54, 1.807) is 29.2 Å². The summed E-state index contributed by atoms with van der Waals surface area (Å²) in [6.07, 6.45) is 1.97. The summed E-state index contributed by atoms with van der Waals surface area (Å²) in [7, 11) is 0. The molecule has 4 aromatic rings. The van der Waals surface area contributed by atoms with Gasteiger partial charge in [0, 0.05) is 25.0 Å². The Bertz CT molecular complexity index is 1160. The molecule has 0 unspecified atom stereocenters. The molecule has 0 fully saturated rings. The van der Waals surface area contributed by atoms with Crippen molar-refractivity contribution < 1.29 is 9.18 Å². The second-order valence-electron chi connectivity index (χ2n) is 7.38. The summed E-state index contributed by atoms with van der Waals surface area (Å²) >= 11 is 6.32. The van der Waals surface area contributed by atoms with Gasteiger partial charge in [0.25, 0.3) is 5.91 Å². The minimum Gasteiger partial charge on any atom is -0.345 e. The molecule has 1 aromatic heterocycles. The zero-order valence-electron chi connectivity index (χ0n) is 16.9. The maximum absolute atomic E-state index is 13.4. The lowest BCUT2D eigenvalue weighted by atomic mass is 10.1. The van der Waals surface area contributed by atoms with Crippen molar-refractivity contribution in [2.24, 2.45) is 0 Å². The molecular weight excluding hydrogens is 411 g/mol. The van der Waals surface area contributed by atoms with Crippen LogP contribution in [0.1, 0.15) is 27.2 Å². The first-order valence-corrected chi connectivity index (χ1v) is 10.4. The second kappa shape index (κ2) is 9.63. The van der Waals surface area contributed by atoms with Crippen LogP contribution >= 0.6 is 11.6 Å². The zero-order valence-corrected chi connectivity index (χ0v) is 17.7. The molecule has 1 amide bonds. The molecule has 1 heterocycles. The number of nitrogens with zero attached hydrogens (tertiary/aromatic N) is 2. The largest absolute Gasteiger partial charge is 0.345 e. The SMILES string of the molecule is O=C(c1ccccc1Cl)N(Cc1ccccc1)Cc1cccn1Cc1ccc(F)cc1. The number of hydrogen-bond donors (Lipinski definition) is 0. The molecule has 0 aliphatic carbocycles. The number of hydrogen-bond acceptors (Lipinski definition) is 1. The Morgan fingerprint density at radius 3 is 2.26 bits per heavy atom. The van der Waals surface area contributed by atoms with E-state index in [9.17, 15) is 9.18 Å². The molecule has 31 heavy (non-hydrogen) atoms. The maximum Gasteiger partial charge on any atom is 0.256 e. The van der Waals surface area contributed by atoms with Crippen molar-refractivity contribution in [2.45, 2.75) is 19.6 Å². The predicted molar refractivity (Wildman–Crippen MR) is 121 cm³/mol. The van der Waals surface area contributed by atoms with E-state index in [0.29, 0.717) is 30.2 Å². The third-order valence-electron chi connectivity index (χ3n) is 5.15. The van der Waals surface area contributed by atoms with E-state index in [1.165, 1.54) is 12.1 Å². The van der Waals surface area contributed by atoms with Gasteiger partial charge >= 0.3 is 0 Å². The fourth-order valence-electron chi connectivity index (χ4n) is 3.54. The fourth-order valence-corrected chi connectivity index (χ4v) is 3.75. The number of carbonyl (C=O) groups is 1. The molecule has 3 aromatic carbocycles. The molecule has 4 rings (SSSR count). The van der Waals surface area contributed by atoms with Gasteiger partial charge in [-0.15, -0.1) is 0 Å². The summed E-state index contributed by atoms with van der Waals surface area (Å²) in [5.41, 5.74) is 3.50. The van der Waals surface area contributed by atoms with E-state index in [2.05, 4.69) is 4.57 Å². The molecule has 0 spiro atoms. The number of aromatic nitrogens is 1. The predicted octanol–water partition coefficient (Wildman–Crippen LogP) is 6.17. The van der Waals surface area contributed by atoms with E-state index < -0.39 is 0 Å². The van der Waals surface area contributed by atoms with Gasteiger partial charge in [0.05, 0.1) is 17.1 Å². The summed E-state index contributed by atoms with van der Waals surface area (Å²) in [6, 6.07) is 27.4. The molecular formula is C26H22ClFN2O. The van der Waals surface area contributed by atoms with Gasteiger partial charge in [0.1, 0.15) is 5.82 Å². The molecule has 0 saturated heterocycles. The Morgan fingerprint density at radius 1 is 0.806 bits per heavy atom. The van der Waals surface area contributed by atoms with Gasteiger partial charge in [-0.2, -0.15) is 0 Å². The summed E-state index contributed by atoms with van der Waals surface area (Å²) in [5, 5.41) is 0.437. The average molecular weight is 433 g/mol.